The van der Waals surface area contributed by atoms with E-state index in [1.165, 1.54) is 6.42 Å². The molecule has 1 N–H and O–H groups in total. The molecule has 1 aliphatic heterocycles. The Morgan fingerprint density at radius 1 is 1.67 bits per heavy atom. The van der Waals surface area contributed by atoms with Crippen LogP contribution in [0, 0.1) is 6.61 Å². The molecule has 1 radical (unpaired) electrons. The van der Waals surface area contributed by atoms with Crippen molar-refractivity contribution in [3.8, 4) is 0 Å². The monoisotopic (exact) mass is 128 g/mol. The van der Waals surface area contributed by atoms with E-state index in [1.807, 2.05) is 13.7 Å². The Morgan fingerprint density at radius 2 is 2.44 bits per heavy atom. The van der Waals surface area contributed by atoms with Gasteiger partial charge >= 0.3 is 0 Å². The lowest BCUT2D eigenvalue weighted by atomic mass is 10.0. The van der Waals surface area contributed by atoms with E-state index >= 15 is 0 Å². The second-order valence-corrected chi connectivity index (χ2v) is 2.48. The third kappa shape index (κ3) is 1.66. The van der Waals surface area contributed by atoms with Gasteiger partial charge in [0.15, 0.2) is 0 Å². The fourth-order valence-corrected chi connectivity index (χ4v) is 1.18. The molecule has 1 rings (SSSR count). The van der Waals surface area contributed by atoms with E-state index in [4.69, 9.17) is 4.74 Å². The van der Waals surface area contributed by atoms with Crippen molar-refractivity contribution in [3.63, 3.8) is 0 Å². The first-order valence-electron chi connectivity index (χ1n) is 3.49. The summed E-state index contributed by atoms with van der Waals surface area (Å²) < 4.78 is 5.29. The lowest BCUT2D eigenvalue weighted by Gasteiger charge is -2.27. The van der Waals surface area contributed by atoms with Crippen LogP contribution in [0.1, 0.15) is 19.8 Å². The normalized spacial score (nSPS) is 36.7. The average molecular weight is 128 g/mol. The minimum absolute atomic E-state index is 0.351. The van der Waals surface area contributed by atoms with E-state index in [-0.39, 0.29) is 0 Å². The van der Waals surface area contributed by atoms with E-state index in [9.17, 15) is 0 Å². The van der Waals surface area contributed by atoms with Crippen molar-refractivity contribution in [2.75, 3.05) is 7.05 Å². The van der Waals surface area contributed by atoms with Gasteiger partial charge in [0.05, 0.1) is 12.7 Å². The molecule has 0 bridgehead atoms. The quantitative estimate of drug-likeness (QED) is 0.567. The molecule has 1 heterocycles. The van der Waals surface area contributed by atoms with E-state index in [0.29, 0.717) is 12.1 Å². The molecule has 0 unspecified atom stereocenters. The van der Waals surface area contributed by atoms with Crippen LogP contribution in [-0.2, 0) is 4.74 Å². The molecule has 1 saturated heterocycles. The van der Waals surface area contributed by atoms with Crippen molar-refractivity contribution in [3.05, 3.63) is 6.61 Å². The number of hydrogen-bond donors (Lipinski definition) is 1. The van der Waals surface area contributed by atoms with Crippen molar-refractivity contribution < 1.29 is 4.74 Å². The zero-order valence-electron chi connectivity index (χ0n) is 6.05. The van der Waals surface area contributed by atoms with Crippen molar-refractivity contribution >= 4 is 0 Å². The Bertz CT molecular complexity index is 85.0. The van der Waals surface area contributed by atoms with E-state index < -0.39 is 0 Å². The molecule has 0 aromatic heterocycles. The predicted octanol–water partition coefficient (Wildman–Crippen LogP) is 0.935. The Balaban J connectivity index is 2.30. The highest BCUT2D eigenvalue weighted by molar-refractivity contribution is 4.79. The fourth-order valence-electron chi connectivity index (χ4n) is 1.18. The van der Waals surface area contributed by atoms with Crippen LogP contribution in [0.15, 0.2) is 0 Å². The summed E-state index contributed by atoms with van der Waals surface area (Å²) in [5, 5.41) is 3.21. The van der Waals surface area contributed by atoms with Crippen LogP contribution in [0.3, 0.4) is 0 Å². The third-order valence-corrected chi connectivity index (χ3v) is 1.84. The molecule has 0 aromatic rings. The van der Waals surface area contributed by atoms with Crippen LogP contribution >= 0.6 is 0 Å². The predicted molar refractivity (Wildman–Crippen MR) is 36.9 cm³/mol. The maximum Gasteiger partial charge on any atom is 0.0841 e. The molecule has 0 aromatic carbocycles. The SMILES string of the molecule is CN[C@H]1CC[CH]O[C@@H]1C. The first-order chi connectivity index (χ1) is 4.34. The summed E-state index contributed by atoms with van der Waals surface area (Å²) >= 11 is 0. The van der Waals surface area contributed by atoms with Crippen molar-refractivity contribution in [2.45, 2.75) is 31.9 Å². The van der Waals surface area contributed by atoms with Crippen molar-refractivity contribution in [1.82, 2.24) is 5.32 Å². The smallest absolute Gasteiger partial charge is 0.0841 e. The third-order valence-electron chi connectivity index (χ3n) is 1.84. The van der Waals surface area contributed by atoms with Crippen LogP contribution in [0.25, 0.3) is 0 Å². The van der Waals surface area contributed by atoms with Gasteiger partial charge < -0.3 is 10.1 Å². The van der Waals surface area contributed by atoms with Crippen LogP contribution in [0.4, 0.5) is 0 Å². The lowest BCUT2D eigenvalue weighted by molar-refractivity contribution is 0.0507. The second kappa shape index (κ2) is 3.18. The molecular formula is C7H14NO. The highest BCUT2D eigenvalue weighted by Crippen LogP contribution is 2.15. The number of rotatable bonds is 1. The minimum atomic E-state index is 0.351. The van der Waals surface area contributed by atoms with E-state index in [1.54, 1.807) is 0 Å². The summed E-state index contributed by atoms with van der Waals surface area (Å²) in [6, 6.07) is 0.551. The zero-order valence-corrected chi connectivity index (χ0v) is 6.05. The van der Waals surface area contributed by atoms with Crippen LogP contribution in [0.2, 0.25) is 0 Å². The second-order valence-electron chi connectivity index (χ2n) is 2.48. The van der Waals surface area contributed by atoms with Gasteiger partial charge in [-0.1, -0.05) is 0 Å². The first kappa shape index (κ1) is 7.03. The van der Waals surface area contributed by atoms with Gasteiger partial charge in [-0.3, -0.25) is 0 Å². The molecule has 2 nitrogen and oxygen atoms in total. The maximum absolute atomic E-state index is 5.29. The number of hydrogen-bond acceptors (Lipinski definition) is 2. The van der Waals surface area contributed by atoms with Gasteiger partial charge in [-0.05, 0) is 26.8 Å². The summed E-state index contributed by atoms with van der Waals surface area (Å²) in [5.41, 5.74) is 0. The van der Waals surface area contributed by atoms with Gasteiger partial charge in [0.2, 0.25) is 0 Å². The molecule has 0 amide bonds. The molecule has 2 heteroatoms. The van der Waals surface area contributed by atoms with Gasteiger partial charge in [-0.15, -0.1) is 0 Å². The van der Waals surface area contributed by atoms with E-state index in [2.05, 4.69) is 12.2 Å². The minimum Gasteiger partial charge on any atom is -0.371 e. The molecular weight excluding hydrogens is 114 g/mol. The fraction of sp³-hybridized carbons (Fsp3) is 0.857. The largest absolute Gasteiger partial charge is 0.371 e. The van der Waals surface area contributed by atoms with Crippen LogP contribution in [0.5, 0.6) is 0 Å². The molecule has 0 saturated carbocycles. The Morgan fingerprint density at radius 3 is 2.89 bits per heavy atom. The molecule has 0 aliphatic carbocycles. The van der Waals surface area contributed by atoms with Gasteiger partial charge in [0, 0.05) is 6.04 Å². The number of nitrogens with one attached hydrogen (secondary N) is 1. The summed E-state index contributed by atoms with van der Waals surface area (Å²) in [6.07, 6.45) is 2.64. The number of ether oxygens (including phenoxy) is 1. The maximum atomic E-state index is 5.29. The lowest BCUT2D eigenvalue weighted by Crippen LogP contribution is -2.39. The van der Waals surface area contributed by atoms with E-state index in [0.717, 1.165) is 6.42 Å². The first-order valence-corrected chi connectivity index (χ1v) is 3.49. The Kier molecular flexibility index (Phi) is 2.49. The molecule has 9 heavy (non-hydrogen) atoms. The average Bonchev–Trinajstić information content (AvgIpc) is 1.89. The summed E-state index contributed by atoms with van der Waals surface area (Å²) in [7, 11) is 1.98. The standard InChI is InChI=1S/C7H14NO/c1-6-7(8-2)4-3-5-9-6/h5-8H,3-4H2,1-2H3/t6-,7+/m1/s1. The Labute approximate surface area is 56.6 Å². The van der Waals surface area contributed by atoms with Gasteiger partial charge in [0.25, 0.3) is 0 Å². The van der Waals surface area contributed by atoms with Crippen molar-refractivity contribution in [2.24, 2.45) is 0 Å². The van der Waals surface area contributed by atoms with Gasteiger partial charge in [-0.2, -0.15) is 0 Å². The zero-order chi connectivity index (χ0) is 6.69. The Hall–Kier alpha value is -0.0800. The molecule has 53 valence electrons. The topological polar surface area (TPSA) is 21.3 Å². The highest BCUT2D eigenvalue weighted by Gasteiger charge is 2.19. The van der Waals surface area contributed by atoms with Crippen molar-refractivity contribution in [1.29, 1.82) is 0 Å². The summed E-state index contributed by atoms with van der Waals surface area (Å²) in [4.78, 5) is 0. The summed E-state index contributed by atoms with van der Waals surface area (Å²) in [6.45, 7) is 4.00. The number of likely N-dealkylation sites (N-methyl/N-ethyl adjacent to an activating group) is 1. The van der Waals surface area contributed by atoms with Gasteiger partial charge in [0.1, 0.15) is 0 Å². The molecule has 2 atom stereocenters. The van der Waals surface area contributed by atoms with Gasteiger partial charge in [-0.25, -0.2) is 0 Å². The molecule has 0 spiro atoms. The molecule has 1 aliphatic rings. The highest BCUT2D eigenvalue weighted by atomic mass is 16.5. The van der Waals surface area contributed by atoms with Crippen LogP contribution in [-0.4, -0.2) is 19.2 Å². The molecule has 1 fully saturated rings. The van der Waals surface area contributed by atoms with Crippen LogP contribution < -0.4 is 5.32 Å². The summed E-state index contributed by atoms with van der Waals surface area (Å²) in [5.74, 6) is 0.